The Morgan fingerprint density at radius 3 is 2.57 bits per heavy atom. The highest BCUT2D eigenvalue weighted by Gasteiger charge is 1.92. The van der Waals surface area contributed by atoms with Crippen molar-refractivity contribution in [3.63, 3.8) is 0 Å². The molecule has 2 aromatic rings. The van der Waals surface area contributed by atoms with Crippen molar-refractivity contribution in [2.24, 2.45) is 17.3 Å². The maximum Gasteiger partial charge on any atom is 0.192 e. The first-order valence-corrected chi connectivity index (χ1v) is 4.29. The first kappa shape index (κ1) is 8.62. The molecule has 0 N–H and O–H groups in total. The topological polar surface area (TPSA) is 42.5 Å². The first-order chi connectivity index (χ1) is 6.84. The van der Waals surface area contributed by atoms with Crippen LogP contribution in [0.3, 0.4) is 0 Å². The van der Waals surface area contributed by atoms with Crippen LogP contribution in [-0.2, 0) is 7.05 Å². The van der Waals surface area contributed by atoms with Gasteiger partial charge < -0.3 is 4.57 Å². The third-order valence-corrected chi connectivity index (χ3v) is 1.72. The number of hydrogen-bond acceptors (Lipinski definition) is 3. The van der Waals surface area contributed by atoms with Crippen molar-refractivity contribution >= 4 is 11.5 Å². The normalized spacial score (nSPS) is 10.9. The maximum absolute atomic E-state index is 4.04. The van der Waals surface area contributed by atoms with Gasteiger partial charge in [-0.25, -0.2) is 4.98 Å². The number of hydrogen-bond donors (Lipinski definition) is 0. The summed E-state index contributed by atoms with van der Waals surface area (Å²) in [6.45, 7) is 0. The molecule has 0 amide bonds. The maximum atomic E-state index is 4.04. The summed E-state index contributed by atoms with van der Waals surface area (Å²) in [5.41, 5.74) is 0.832. The molecular formula is C10H10N4. The van der Waals surface area contributed by atoms with Crippen LogP contribution in [0.2, 0.25) is 0 Å². The molecule has 2 rings (SSSR count). The molecular weight excluding hydrogens is 176 g/mol. The van der Waals surface area contributed by atoms with Gasteiger partial charge in [0, 0.05) is 7.05 Å². The van der Waals surface area contributed by atoms with Gasteiger partial charge in [0.15, 0.2) is 5.82 Å². The average molecular weight is 186 g/mol. The number of nitrogens with zero attached hydrogens (tertiary/aromatic N) is 4. The van der Waals surface area contributed by atoms with Crippen molar-refractivity contribution in [1.29, 1.82) is 0 Å². The molecule has 0 aliphatic rings. The third-order valence-electron chi connectivity index (χ3n) is 1.72. The Balaban J connectivity index is 2.15. The zero-order valence-corrected chi connectivity index (χ0v) is 7.83. The number of aryl methyl sites for hydroxylation is 1. The van der Waals surface area contributed by atoms with Gasteiger partial charge in [0.05, 0.1) is 18.2 Å². The Morgan fingerprint density at radius 2 is 1.93 bits per heavy atom. The van der Waals surface area contributed by atoms with E-state index in [1.165, 1.54) is 0 Å². The summed E-state index contributed by atoms with van der Waals surface area (Å²) in [6.07, 6.45) is 3.51. The Morgan fingerprint density at radius 1 is 1.14 bits per heavy atom. The molecule has 0 aliphatic heterocycles. The van der Waals surface area contributed by atoms with Gasteiger partial charge in [0.25, 0.3) is 0 Å². The number of imidazole rings is 1. The van der Waals surface area contributed by atoms with E-state index in [-0.39, 0.29) is 0 Å². The number of aromatic nitrogens is 2. The van der Waals surface area contributed by atoms with E-state index < -0.39 is 0 Å². The fourth-order valence-corrected chi connectivity index (χ4v) is 1.05. The highest BCUT2D eigenvalue weighted by Crippen LogP contribution is 2.14. The third kappa shape index (κ3) is 2.04. The van der Waals surface area contributed by atoms with Gasteiger partial charge in [0.1, 0.15) is 0 Å². The molecule has 0 unspecified atom stereocenters. The van der Waals surface area contributed by atoms with Crippen molar-refractivity contribution < 1.29 is 0 Å². The Labute approximate surface area is 81.9 Å². The highest BCUT2D eigenvalue weighted by atomic mass is 15.2. The summed E-state index contributed by atoms with van der Waals surface area (Å²) >= 11 is 0. The van der Waals surface area contributed by atoms with Crippen LogP contribution in [0.4, 0.5) is 11.5 Å². The summed E-state index contributed by atoms with van der Waals surface area (Å²) < 4.78 is 1.83. The predicted molar refractivity (Wildman–Crippen MR) is 53.8 cm³/mol. The summed E-state index contributed by atoms with van der Waals surface area (Å²) in [4.78, 5) is 4.03. The molecule has 0 fully saturated rings. The summed E-state index contributed by atoms with van der Waals surface area (Å²) in [6, 6.07) is 9.58. The highest BCUT2D eigenvalue weighted by molar-refractivity contribution is 5.36. The van der Waals surface area contributed by atoms with Crippen molar-refractivity contribution in [1.82, 2.24) is 9.55 Å². The molecule has 0 bridgehead atoms. The molecule has 0 atom stereocenters. The standard InChI is InChI=1S/C10H10N4/c1-14-7-10(11-8-14)13-12-9-5-3-2-4-6-9/h2-8H,1H3. The second-order valence-electron chi connectivity index (χ2n) is 2.93. The summed E-state index contributed by atoms with van der Waals surface area (Å²) in [5.74, 6) is 0.622. The van der Waals surface area contributed by atoms with E-state index in [9.17, 15) is 0 Å². The molecule has 4 nitrogen and oxygen atoms in total. The minimum absolute atomic E-state index is 0.622. The van der Waals surface area contributed by atoms with Gasteiger partial charge in [0.2, 0.25) is 0 Å². The van der Waals surface area contributed by atoms with E-state index in [1.807, 2.05) is 48.1 Å². The smallest absolute Gasteiger partial charge is 0.192 e. The van der Waals surface area contributed by atoms with E-state index in [0.29, 0.717) is 5.82 Å². The lowest BCUT2D eigenvalue weighted by Gasteiger charge is -1.87. The first-order valence-electron chi connectivity index (χ1n) is 4.29. The molecule has 1 aromatic heterocycles. The molecule has 0 radical (unpaired) electrons. The molecule has 0 saturated heterocycles. The van der Waals surface area contributed by atoms with Crippen LogP contribution >= 0.6 is 0 Å². The average Bonchev–Trinajstić information content (AvgIpc) is 2.63. The molecule has 1 aromatic carbocycles. The van der Waals surface area contributed by atoms with Crippen LogP contribution in [0.25, 0.3) is 0 Å². The van der Waals surface area contributed by atoms with Crippen LogP contribution in [0.5, 0.6) is 0 Å². The minimum Gasteiger partial charge on any atom is -0.338 e. The second kappa shape index (κ2) is 3.83. The van der Waals surface area contributed by atoms with E-state index in [4.69, 9.17) is 0 Å². The van der Waals surface area contributed by atoms with Crippen molar-refractivity contribution in [2.45, 2.75) is 0 Å². The van der Waals surface area contributed by atoms with Gasteiger partial charge in [-0.05, 0) is 12.1 Å². The monoisotopic (exact) mass is 186 g/mol. The van der Waals surface area contributed by atoms with Gasteiger partial charge in [-0.3, -0.25) is 0 Å². The van der Waals surface area contributed by atoms with E-state index in [1.54, 1.807) is 6.33 Å². The SMILES string of the molecule is Cn1cnc(N=Nc2ccccc2)c1. The van der Waals surface area contributed by atoms with Crippen LogP contribution in [0, 0.1) is 0 Å². The molecule has 1 heterocycles. The van der Waals surface area contributed by atoms with Crippen LogP contribution in [0.1, 0.15) is 0 Å². The summed E-state index contributed by atoms with van der Waals surface area (Å²) in [5, 5.41) is 8.03. The predicted octanol–water partition coefficient (Wildman–Crippen LogP) is 2.84. The van der Waals surface area contributed by atoms with Crippen LogP contribution in [-0.4, -0.2) is 9.55 Å². The van der Waals surface area contributed by atoms with Crippen molar-refractivity contribution in [3.05, 3.63) is 42.9 Å². The minimum atomic E-state index is 0.622. The molecule has 14 heavy (non-hydrogen) atoms. The fraction of sp³-hybridized carbons (Fsp3) is 0.100. The Kier molecular flexibility index (Phi) is 2.36. The number of benzene rings is 1. The molecule has 0 saturated carbocycles. The van der Waals surface area contributed by atoms with Gasteiger partial charge in [-0.2, -0.15) is 0 Å². The van der Waals surface area contributed by atoms with Gasteiger partial charge >= 0.3 is 0 Å². The van der Waals surface area contributed by atoms with Gasteiger partial charge in [-0.15, -0.1) is 10.2 Å². The lowest BCUT2D eigenvalue weighted by molar-refractivity contribution is 0.913. The van der Waals surface area contributed by atoms with Crippen molar-refractivity contribution in [2.75, 3.05) is 0 Å². The lowest BCUT2D eigenvalue weighted by atomic mass is 10.3. The van der Waals surface area contributed by atoms with E-state index in [2.05, 4.69) is 15.2 Å². The number of azo groups is 1. The number of rotatable bonds is 2. The zero-order chi connectivity index (χ0) is 9.80. The molecule has 4 heteroatoms. The quantitative estimate of drug-likeness (QED) is 0.665. The second-order valence-corrected chi connectivity index (χ2v) is 2.93. The van der Waals surface area contributed by atoms with Crippen molar-refractivity contribution in [3.8, 4) is 0 Å². The largest absolute Gasteiger partial charge is 0.338 e. The van der Waals surface area contributed by atoms with Crippen LogP contribution in [0.15, 0.2) is 53.1 Å². The van der Waals surface area contributed by atoms with E-state index in [0.717, 1.165) is 5.69 Å². The Bertz CT molecular complexity index is 430. The summed E-state index contributed by atoms with van der Waals surface area (Å²) in [7, 11) is 1.90. The molecule has 70 valence electrons. The zero-order valence-electron chi connectivity index (χ0n) is 7.83. The van der Waals surface area contributed by atoms with E-state index >= 15 is 0 Å². The molecule has 0 spiro atoms. The lowest BCUT2D eigenvalue weighted by Crippen LogP contribution is -1.76. The van der Waals surface area contributed by atoms with Gasteiger partial charge in [-0.1, -0.05) is 18.2 Å². The molecule has 0 aliphatic carbocycles. The fourth-order valence-electron chi connectivity index (χ4n) is 1.05. The van der Waals surface area contributed by atoms with Crippen LogP contribution < -0.4 is 0 Å². The Hall–Kier alpha value is -1.97.